The number of rotatable bonds is 3. The van der Waals surface area contributed by atoms with Gasteiger partial charge in [0.2, 0.25) is 0 Å². The maximum Gasteiger partial charge on any atom is 0.366 e. The van der Waals surface area contributed by atoms with Crippen LogP contribution < -0.4 is 0 Å². The Bertz CT molecular complexity index is 1020. The molecule has 26 heavy (non-hydrogen) atoms. The van der Waals surface area contributed by atoms with Crippen LogP contribution in [0.2, 0.25) is 0 Å². The van der Waals surface area contributed by atoms with E-state index in [0.717, 1.165) is 0 Å². The largest absolute Gasteiger partial charge is 0.366 e. The molecule has 0 bridgehead atoms. The summed E-state index contributed by atoms with van der Waals surface area (Å²) in [5.74, 6) is -2.90. The van der Waals surface area contributed by atoms with E-state index in [1.54, 1.807) is 18.2 Å². The fourth-order valence-electron chi connectivity index (χ4n) is 2.82. The molecule has 6 nitrogen and oxygen atoms in total. The monoisotopic (exact) mass is 350 g/mol. The fraction of sp³-hybridized carbons (Fsp3) is 0. The highest BCUT2D eigenvalue weighted by Crippen LogP contribution is 2.28. The molecule has 0 unspecified atom stereocenters. The van der Waals surface area contributed by atoms with Crippen LogP contribution in [0.15, 0.2) is 60.9 Å². The summed E-state index contributed by atoms with van der Waals surface area (Å²) in [6.07, 6.45) is 2.76. The number of amides is 2. The molecule has 0 spiro atoms. The van der Waals surface area contributed by atoms with Crippen LogP contribution in [0.5, 0.6) is 0 Å². The van der Waals surface area contributed by atoms with Crippen LogP contribution in [0.1, 0.15) is 31.1 Å². The van der Waals surface area contributed by atoms with Crippen molar-refractivity contribution in [2.24, 2.45) is 0 Å². The van der Waals surface area contributed by atoms with E-state index in [1.807, 2.05) is 0 Å². The number of hydroxylamine groups is 2. The zero-order valence-electron chi connectivity index (χ0n) is 13.2. The normalized spacial score (nSPS) is 13.0. The second-order valence-corrected chi connectivity index (χ2v) is 5.59. The smallest absolute Gasteiger partial charge is 0.366 e. The average molecular weight is 350 g/mol. The standard InChI is InChI=1S/C19H11FN2O4/c20-16-8-4-3-5-11(16)14-9-21-10-15(14)19(25)26-22-17(23)12-6-1-2-7-13(12)18(22)24/h1-10,21H. The predicted octanol–water partition coefficient (Wildman–Crippen LogP) is 3.19. The van der Waals surface area contributed by atoms with Gasteiger partial charge >= 0.3 is 5.97 Å². The highest BCUT2D eigenvalue weighted by atomic mass is 19.1. The Labute approximate surface area is 146 Å². The molecule has 1 aliphatic heterocycles. The van der Waals surface area contributed by atoms with E-state index in [-0.39, 0.29) is 27.8 Å². The average Bonchev–Trinajstić information content (AvgIpc) is 3.22. The summed E-state index contributed by atoms with van der Waals surface area (Å²) in [6.45, 7) is 0. The number of hydrogen-bond donors (Lipinski definition) is 1. The van der Waals surface area contributed by atoms with E-state index in [0.29, 0.717) is 5.06 Å². The number of nitrogens with one attached hydrogen (secondary N) is 1. The molecule has 2 heterocycles. The van der Waals surface area contributed by atoms with Crippen molar-refractivity contribution in [1.29, 1.82) is 0 Å². The Balaban J connectivity index is 1.64. The number of fused-ring (bicyclic) bond motifs is 1. The van der Waals surface area contributed by atoms with Crippen LogP contribution in [-0.4, -0.2) is 27.8 Å². The minimum absolute atomic E-state index is 0.00616. The quantitative estimate of drug-likeness (QED) is 0.736. The zero-order chi connectivity index (χ0) is 18.3. The van der Waals surface area contributed by atoms with Gasteiger partial charge in [-0.2, -0.15) is 0 Å². The van der Waals surface area contributed by atoms with Crippen LogP contribution in [0, 0.1) is 5.82 Å². The number of halogens is 1. The van der Waals surface area contributed by atoms with E-state index in [2.05, 4.69) is 4.98 Å². The molecule has 0 aliphatic carbocycles. The Morgan fingerprint density at radius 3 is 2.04 bits per heavy atom. The fourth-order valence-corrected chi connectivity index (χ4v) is 2.82. The molecule has 2 aromatic carbocycles. The van der Waals surface area contributed by atoms with Gasteiger partial charge in [0.1, 0.15) is 5.82 Å². The van der Waals surface area contributed by atoms with Crippen molar-refractivity contribution in [1.82, 2.24) is 10.0 Å². The lowest BCUT2D eigenvalue weighted by Crippen LogP contribution is -2.32. The third-order valence-corrected chi connectivity index (χ3v) is 4.06. The predicted molar refractivity (Wildman–Crippen MR) is 88.5 cm³/mol. The third-order valence-electron chi connectivity index (χ3n) is 4.06. The summed E-state index contributed by atoms with van der Waals surface area (Å²) in [5, 5.41) is 0.422. The molecule has 0 saturated carbocycles. The number of aromatic nitrogens is 1. The van der Waals surface area contributed by atoms with Gasteiger partial charge in [-0.05, 0) is 18.2 Å². The SMILES string of the molecule is O=C(ON1C(=O)c2ccccc2C1=O)c1c[nH]cc1-c1ccccc1F. The number of benzene rings is 2. The molecule has 7 heteroatoms. The summed E-state index contributed by atoms with van der Waals surface area (Å²) in [4.78, 5) is 44.8. The van der Waals surface area contributed by atoms with Gasteiger partial charge in [0.15, 0.2) is 0 Å². The van der Waals surface area contributed by atoms with Gasteiger partial charge in [0.05, 0.1) is 16.7 Å². The maximum absolute atomic E-state index is 14.0. The van der Waals surface area contributed by atoms with Gasteiger partial charge in [-0.1, -0.05) is 35.4 Å². The van der Waals surface area contributed by atoms with Crippen molar-refractivity contribution in [3.8, 4) is 11.1 Å². The first kappa shape index (κ1) is 15.8. The lowest BCUT2D eigenvalue weighted by atomic mass is 10.0. The summed E-state index contributed by atoms with van der Waals surface area (Å²) >= 11 is 0. The Morgan fingerprint density at radius 2 is 1.42 bits per heavy atom. The van der Waals surface area contributed by atoms with E-state index in [4.69, 9.17) is 4.84 Å². The maximum atomic E-state index is 14.0. The molecule has 0 saturated heterocycles. The Hall–Kier alpha value is -3.74. The number of aromatic amines is 1. The number of nitrogens with zero attached hydrogens (tertiary/aromatic N) is 1. The molecule has 2 amide bonds. The van der Waals surface area contributed by atoms with Gasteiger partial charge in [-0.25, -0.2) is 9.18 Å². The van der Waals surface area contributed by atoms with Crippen LogP contribution in [0.25, 0.3) is 11.1 Å². The minimum Gasteiger partial charge on any atom is -0.366 e. The first-order valence-corrected chi connectivity index (χ1v) is 7.69. The molecule has 128 valence electrons. The molecule has 1 aromatic heterocycles. The van der Waals surface area contributed by atoms with Crippen molar-refractivity contribution >= 4 is 17.8 Å². The lowest BCUT2D eigenvalue weighted by Gasteiger charge is -2.13. The molecule has 3 aromatic rings. The molecule has 0 atom stereocenters. The Morgan fingerprint density at radius 1 is 0.846 bits per heavy atom. The van der Waals surface area contributed by atoms with E-state index in [1.165, 1.54) is 42.7 Å². The number of imide groups is 1. The zero-order valence-corrected chi connectivity index (χ0v) is 13.2. The first-order valence-electron chi connectivity index (χ1n) is 7.69. The van der Waals surface area contributed by atoms with Gasteiger partial charge in [-0.3, -0.25) is 9.59 Å². The van der Waals surface area contributed by atoms with Crippen LogP contribution in [0.3, 0.4) is 0 Å². The molecule has 1 N–H and O–H groups in total. The first-order chi connectivity index (χ1) is 12.6. The molecule has 1 aliphatic rings. The second-order valence-electron chi connectivity index (χ2n) is 5.59. The Kier molecular flexibility index (Phi) is 3.62. The summed E-state index contributed by atoms with van der Waals surface area (Å²) in [6, 6.07) is 12.1. The molecular formula is C19H11FN2O4. The molecule has 0 radical (unpaired) electrons. The highest BCUT2D eigenvalue weighted by Gasteiger charge is 2.39. The van der Waals surface area contributed by atoms with E-state index < -0.39 is 23.6 Å². The van der Waals surface area contributed by atoms with E-state index >= 15 is 0 Å². The topological polar surface area (TPSA) is 79.5 Å². The van der Waals surface area contributed by atoms with Crippen molar-refractivity contribution in [3.63, 3.8) is 0 Å². The number of H-pyrrole nitrogens is 1. The molecule has 4 rings (SSSR count). The van der Waals surface area contributed by atoms with Crippen LogP contribution >= 0.6 is 0 Å². The second kappa shape index (κ2) is 5.96. The molecular weight excluding hydrogens is 339 g/mol. The highest BCUT2D eigenvalue weighted by molar-refractivity contribution is 6.21. The van der Waals surface area contributed by atoms with Crippen molar-refractivity contribution in [2.75, 3.05) is 0 Å². The van der Waals surface area contributed by atoms with Gasteiger partial charge in [0.25, 0.3) is 11.8 Å². The number of carbonyl (C=O) groups excluding carboxylic acids is 3. The van der Waals surface area contributed by atoms with Gasteiger partial charge < -0.3 is 9.82 Å². The van der Waals surface area contributed by atoms with Gasteiger partial charge in [0, 0.05) is 23.5 Å². The number of carbonyl (C=O) groups is 3. The lowest BCUT2D eigenvalue weighted by molar-refractivity contribution is -0.0583. The number of hydrogen-bond acceptors (Lipinski definition) is 4. The third kappa shape index (κ3) is 2.37. The van der Waals surface area contributed by atoms with Crippen LogP contribution in [0.4, 0.5) is 4.39 Å². The molecule has 0 fully saturated rings. The summed E-state index contributed by atoms with van der Waals surface area (Å²) in [5.41, 5.74) is 0.793. The summed E-state index contributed by atoms with van der Waals surface area (Å²) < 4.78 is 14.0. The van der Waals surface area contributed by atoms with E-state index in [9.17, 15) is 18.8 Å². The van der Waals surface area contributed by atoms with Crippen LogP contribution in [-0.2, 0) is 4.84 Å². The summed E-state index contributed by atoms with van der Waals surface area (Å²) in [7, 11) is 0. The van der Waals surface area contributed by atoms with Crippen molar-refractivity contribution in [3.05, 3.63) is 83.4 Å². The van der Waals surface area contributed by atoms with Crippen molar-refractivity contribution in [2.45, 2.75) is 0 Å². The van der Waals surface area contributed by atoms with Crippen molar-refractivity contribution < 1.29 is 23.6 Å². The van der Waals surface area contributed by atoms with Gasteiger partial charge in [-0.15, -0.1) is 0 Å². The minimum atomic E-state index is -0.945.